The van der Waals surface area contributed by atoms with Crippen LogP contribution >= 0.6 is 9.24 Å². The van der Waals surface area contributed by atoms with Gasteiger partial charge in [-0.15, -0.1) is 9.24 Å². The Hall–Kier alpha value is -0.420. The van der Waals surface area contributed by atoms with Crippen molar-refractivity contribution in [3.8, 4) is 0 Å². The lowest BCUT2D eigenvalue weighted by molar-refractivity contribution is 0.531. The summed E-state index contributed by atoms with van der Waals surface area (Å²) in [7, 11) is 2.86. The predicted octanol–water partition coefficient (Wildman–Crippen LogP) is 2.45. The number of hydrogen-bond acceptors (Lipinski definition) is 1. The normalized spacial score (nSPS) is 22.1. The molecule has 0 fully saturated rings. The van der Waals surface area contributed by atoms with Crippen LogP contribution in [0.4, 0.5) is 0 Å². The Bertz CT molecular complexity index is 285. The Labute approximate surface area is 82.2 Å². The van der Waals surface area contributed by atoms with Crippen LogP contribution in [0.25, 0.3) is 0 Å². The molecule has 1 aromatic rings. The maximum Gasteiger partial charge on any atom is 0.0438 e. The van der Waals surface area contributed by atoms with Crippen molar-refractivity contribution in [2.45, 2.75) is 25.7 Å². The van der Waals surface area contributed by atoms with Crippen molar-refractivity contribution >= 4 is 9.24 Å². The first-order valence-corrected chi connectivity index (χ1v) is 5.84. The molecule has 1 aromatic heterocycles. The molecule has 1 aliphatic rings. The molecule has 1 nitrogen and oxygen atoms in total. The minimum absolute atomic E-state index is 0.834. The molecule has 2 heteroatoms. The first-order valence-electron chi connectivity index (χ1n) is 5.03. The highest BCUT2D eigenvalue weighted by Gasteiger charge is 2.15. The van der Waals surface area contributed by atoms with Gasteiger partial charge < -0.3 is 0 Å². The van der Waals surface area contributed by atoms with E-state index in [4.69, 9.17) is 0 Å². The zero-order chi connectivity index (χ0) is 9.10. The van der Waals surface area contributed by atoms with Gasteiger partial charge in [0.05, 0.1) is 0 Å². The van der Waals surface area contributed by atoms with E-state index in [0.717, 1.165) is 5.92 Å². The second-order valence-electron chi connectivity index (χ2n) is 3.81. The second-order valence-corrected chi connectivity index (χ2v) is 4.28. The van der Waals surface area contributed by atoms with Gasteiger partial charge in [0.2, 0.25) is 0 Å². The summed E-state index contributed by atoms with van der Waals surface area (Å²) < 4.78 is 0. The average Bonchev–Trinajstić information content (AvgIpc) is 2.38. The maximum atomic E-state index is 4.47. The third-order valence-electron chi connectivity index (χ3n) is 2.86. The van der Waals surface area contributed by atoms with E-state index in [1.165, 1.54) is 43.1 Å². The summed E-state index contributed by atoms with van der Waals surface area (Å²) in [5.74, 6) is 0.834. The SMILES string of the molecule is PCC1CCCc2cccnc2C1. The van der Waals surface area contributed by atoms with E-state index >= 15 is 0 Å². The van der Waals surface area contributed by atoms with Gasteiger partial charge in [0.25, 0.3) is 0 Å². The molecule has 2 unspecified atom stereocenters. The lowest BCUT2D eigenvalue weighted by Crippen LogP contribution is -2.05. The molecule has 0 spiro atoms. The lowest BCUT2D eigenvalue weighted by Gasteiger charge is -2.10. The molecule has 1 heterocycles. The minimum Gasteiger partial charge on any atom is -0.261 e. The third kappa shape index (κ3) is 2.08. The quantitative estimate of drug-likeness (QED) is 0.493. The molecule has 0 saturated heterocycles. The molecule has 0 saturated carbocycles. The van der Waals surface area contributed by atoms with Gasteiger partial charge in [-0.25, -0.2) is 0 Å². The summed E-state index contributed by atoms with van der Waals surface area (Å²) in [5.41, 5.74) is 2.82. The molecule has 2 rings (SSSR count). The van der Waals surface area contributed by atoms with E-state index in [0.29, 0.717) is 0 Å². The lowest BCUT2D eigenvalue weighted by atomic mass is 10.0. The highest BCUT2D eigenvalue weighted by atomic mass is 31.0. The number of aromatic nitrogens is 1. The highest BCUT2D eigenvalue weighted by molar-refractivity contribution is 7.16. The molecule has 0 radical (unpaired) electrons. The smallest absolute Gasteiger partial charge is 0.0438 e. The van der Waals surface area contributed by atoms with Crippen LogP contribution < -0.4 is 0 Å². The molecule has 70 valence electrons. The fourth-order valence-electron chi connectivity index (χ4n) is 2.04. The molecule has 0 aliphatic heterocycles. The molecule has 0 amide bonds. The Morgan fingerprint density at radius 1 is 1.54 bits per heavy atom. The van der Waals surface area contributed by atoms with Gasteiger partial charge in [0, 0.05) is 11.9 Å². The number of fused-ring (bicyclic) bond motifs is 1. The topological polar surface area (TPSA) is 12.9 Å². The molecule has 13 heavy (non-hydrogen) atoms. The average molecular weight is 193 g/mol. The maximum absolute atomic E-state index is 4.47. The van der Waals surface area contributed by atoms with Crippen LogP contribution in [-0.2, 0) is 12.8 Å². The van der Waals surface area contributed by atoms with E-state index in [9.17, 15) is 0 Å². The fraction of sp³-hybridized carbons (Fsp3) is 0.545. The Balaban J connectivity index is 2.23. The van der Waals surface area contributed by atoms with Gasteiger partial charge >= 0.3 is 0 Å². The minimum atomic E-state index is 0.834. The van der Waals surface area contributed by atoms with Crippen LogP contribution in [0.15, 0.2) is 18.3 Å². The Morgan fingerprint density at radius 3 is 3.31 bits per heavy atom. The predicted molar refractivity (Wildman–Crippen MR) is 58.9 cm³/mol. The third-order valence-corrected chi connectivity index (χ3v) is 3.53. The summed E-state index contributed by atoms with van der Waals surface area (Å²) in [6.07, 6.45) is 8.24. The molecule has 2 atom stereocenters. The second kappa shape index (κ2) is 4.19. The van der Waals surface area contributed by atoms with Crippen LogP contribution in [0.3, 0.4) is 0 Å². The number of pyridine rings is 1. The van der Waals surface area contributed by atoms with E-state index in [1.807, 2.05) is 6.20 Å². The number of aryl methyl sites for hydroxylation is 1. The fourth-order valence-corrected chi connectivity index (χ4v) is 2.44. The van der Waals surface area contributed by atoms with E-state index in [1.54, 1.807) is 0 Å². The van der Waals surface area contributed by atoms with Crippen molar-refractivity contribution in [3.63, 3.8) is 0 Å². The number of rotatable bonds is 1. The van der Waals surface area contributed by atoms with Gasteiger partial charge in [-0.05, 0) is 49.4 Å². The van der Waals surface area contributed by atoms with E-state index in [2.05, 4.69) is 26.4 Å². The first-order chi connectivity index (χ1) is 6.40. The van der Waals surface area contributed by atoms with Crippen molar-refractivity contribution in [2.24, 2.45) is 5.92 Å². The van der Waals surface area contributed by atoms with Crippen LogP contribution in [0.1, 0.15) is 24.1 Å². The molecular formula is C11H16NP. The summed E-state index contributed by atoms with van der Waals surface area (Å²) in [4.78, 5) is 4.47. The van der Waals surface area contributed by atoms with Crippen molar-refractivity contribution in [1.29, 1.82) is 0 Å². The van der Waals surface area contributed by atoms with E-state index < -0.39 is 0 Å². The molecule has 0 N–H and O–H groups in total. The molecule has 1 aliphatic carbocycles. The zero-order valence-electron chi connectivity index (χ0n) is 7.87. The number of hydrogen-bond donors (Lipinski definition) is 0. The van der Waals surface area contributed by atoms with Gasteiger partial charge in [-0.2, -0.15) is 0 Å². The number of nitrogens with zero attached hydrogens (tertiary/aromatic N) is 1. The summed E-state index contributed by atoms with van der Waals surface area (Å²) in [6, 6.07) is 4.29. The molecule has 0 bridgehead atoms. The van der Waals surface area contributed by atoms with Gasteiger partial charge in [-0.1, -0.05) is 6.07 Å². The van der Waals surface area contributed by atoms with Crippen LogP contribution in [0.5, 0.6) is 0 Å². The Morgan fingerprint density at radius 2 is 2.46 bits per heavy atom. The first kappa shape index (κ1) is 9.15. The van der Waals surface area contributed by atoms with Crippen LogP contribution in [0, 0.1) is 5.92 Å². The van der Waals surface area contributed by atoms with Gasteiger partial charge in [0.1, 0.15) is 0 Å². The monoisotopic (exact) mass is 193 g/mol. The molecule has 0 aromatic carbocycles. The van der Waals surface area contributed by atoms with Gasteiger partial charge in [-0.3, -0.25) is 4.98 Å². The van der Waals surface area contributed by atoms with Crippen molar-refractivity contribution in [3.05, 3.63) is 29.6 Å². The van der Waals surface area contributed by atoms with Crippen molar-refractivity contribution in [1.82, 2.24) is 4.98 Å². The standard InChI is InChI=1S/C11H16NP/c13-8-9-3-1-4-10-5-2-6-12-11(10)7-9/h2,5-6,9H,1,3-4,7-8,13H2. The molecular weight excluding hydrogens is 177 g/mol. The Kier molecular flexibility index (Phi) is 2.95. The summed E-state index contributed by atoms with van der Waals surface area (Å²) in [6.45, 7) is 0. The largest absolute Gasteiger partial charge is 0.261 e. The summed E-state index contributed by atoms with van der Waals surface area (Å²) in [5, 5.41) is 0. The van der Waals surface area contributed by atoms with Crippen molar-refractivity contribution in [2.75, 3.05) is 6.16 Å². The zero-order valence-corrected chi connectivity index (χ0v) is 9.02. The van der Waals surface area contributed by atoms with Crippen LogP contribution in [0.2, 0.25) is 0 Å². The van der Waals surface area contributed by atoms with Gasteiger partial charge in [0.15, 0.2) is 0 Å². The summed E-state index contributed by atoms with van der Waals surface area (Å²) >= 11 is 0. The van der Waals surface area contributed by atoms with E-state index in [-0.39, 0.29) is 0 Å². The highest BCUT2D eigenvalue weighted by Crippen LogP contribution is 2.23. The van der Waals surface area contributed by atoms with Crippen molar-refractivity contribution < 1.29 is 0 Å². The van der Waals surface area contributed by atoms with Crippen LogP contribution in [-0.4, -0.2) is 11.1 Å².